The molecule has 1 aliphatic rings. The molecule has 1 amide bonds. The first-order valence-electron chi connectivity index (χ1n) is 4.36. The molecule has 1 aromatic carbocycles. The Labute approximate surface area is 76.9 Å². The second kappa shape index (κ2) is 2.76. The van der Waals surface area contributed by atoms with E-state index in [-0.39, 0.29) is 5.91 Å². The average Bonchev–Trinajstić information content (AvgIpc) is 2.12. The van der Waals surface area contributed by atoms with Gasteiger partial charge in [0.15, 0.2) is 0 Å². The monoisotopic (exact) mass is 176 g/mol. The Hall–Kier alpha value is -1.51. The maximum Gasteiger partial charge on any atom is 0.251 e. The van der Waals surface area contributed by atoms with Crippen LogP contribution in [0.4, 0.5) is 5.69 Å². The highest BCUT2D eigenvalue weighted by atomic mass is 16.1. The predicted octanol–water partition coefficient (Wildman–Crippen LogP) is 1.12. The van der Waals surface area contributed by atoms with E-state index in [9.17, 15) is 4.79 Å². The van der Waals surface area contributed by atoms with E-state index in [1.165, 1.54) is 0 Å². The van der Waals surface area contributed by atoms with E-state index in [1.54, 1.807) is 6.07 Å². The van der Waals surface area contributed by atoms with Gasteiger partial charge in [0.25, 0.3) is 5.91 Å². The van der Waals surface area contributed by atoms with Crippen LogP contribution in [0.2, 0.25) is 0 Å². The van der Waals surface area contributed by atoms with Crippen LogP contribution < -0.4 is 11.1 Å². The molecule has 0 aliphatic carbocycles. The summed E-state index contributed by atoms with van der Waals surface area (Å²) in [4.78, 5) is 11.4. The minimum Gasteiger partial charge on any atom is -0.399 e. The quantitative estimate of drug-likeness (QED) is 0.582. The van der Waals surface area contributed by atoms with Crippen LogP contribution in [0, 0.1) is 0 Å². The van der Waals surface area contributed by atoms with Crippen LogP contribution in [0.25, 0.3) is 0 Å². The number of anilines is 1. The summed E-state index contributed by atoms with van der Waals surface area (Å²) in [6.45, 7) is 2.81. The maximum absolute atomic E-state index is 11.4. The van der Waals surface area contributed by atoms with Crippen LogP contribution in [-0.2, 0) is 0 Å². The van der Waals surface area contributed by atoms with Crippen molar-refractivity contribution in [3.8, 4) is 0 Å². The zero-order valence-corrected chi connectivity index (χ0v) is 7.50. The van der Waals surface area contributed by atoms with Crippen LogP contribution in [0.15, 0.2) is 18.2 Å². The molecule has 2 rings (SSSR count). The number of carbonyl (C=O) groups is 1. The Balaban J connectivity index is 2.57. The van der Waals surface area contributed by atoms with Crippen molar-refractivity contribution in [2.45, 2.75) is 12.8 Å². The highest BCUT2D eigenvalue weighted by molar-refractivity contribution is 5.97. The minimum atomic E-state index is -0.0135. The lowest BCUT2D eigenvalue weighted by Crippen LogP contribution is -2.33. The molecule has 0 saturated carbocycles. The Morgan fingerprint density at radius 2 is 2.31 bits per heavy atom. The number of hydrogen-bond acceptors (Lipinski definition) is 2. The SMILES string of the molecule is C[C@@H]1CNC(=O)c2cc(N)ccc21. The van der Waals surface area contributed by atoms with Gasteiger partial charge < -0.3 is 11.1 Å². The van der Waals surface area contributed by atoms with Crippen molar-refractivity contribution in [2.24, 2.45) is 0 Å². The first kappa shape index (κ1) is 8.10. The van der Waals surface area contributed by atoms with Gasteiger partial charge in [-0.25, -0.2) is 0 Å². The molecule has 0 unspecified atom stereocenters. The normalized spacial score (nSPS) is 20.7. The Morgan fingerprint density at radius 1 is 1.54 bits per heavy atom. The predicted molar refractivity (Wildman–Crippen MR) is 51.6 cm³/mol. The number of carbonyl (C=O) groups excluding carboxylic acids is 1. The number of rotatable bonds is 0. The van der Waals surface area contributed by atoms with Crippen LogP contribution in [0.1, 0.15) is 28.8 Å². The van der Waals surface area contributed by atoms with E-state index in [1.807, 2.05) is 12.1 Å². The standard InChI is InChI=1S/C10H12N2O/c1-6-5-12-10(13)9-4-7(11)2-3-8(6)9/h2-4,6H,5,11H2,1H3,(H,12,13)/t6-/m1/s1. The van der Waals surface area contributed by atoms with Gasteiger partial charge in [-0.05, 0) is 23.6 Å². The second-order valence-corrected chi connectivity index (χ2v) is 3.46. The largest absolute Gasteiger partial charge is 0.399 e. The number of fused-ring (bicyclic) bond motifs is 1. The highest BCUT2D eigenvalue weighted by Gasteiger charge is 2.21. The molecule has 0 fully saturated rings. The molecule has 13 heavy (non-hydrogen) atoms. The van der Waals surface area contributed by atoms with Crippen molar-refractivity contribution in [1.82, 2.24) is 5.32 Å². The smallest absolute Gasteiger partial charge is 0.251 e. The molecular formula is C10H12N2O. The second-order valence-electron chi connectivity index (χ2n) is 3.46. The van der Waals surface area contributed by atoms with E-state index in [0.29, 0.717) is 11.6 Å². The van der Waals surface area contributed by atoms with E-state index < -0.39 is 0 Å². The lowest BCUT2D eigenvalue weighted by molar-refractivity contribution is 0.0941. The van der Waals surface area contributed by atoms with Gasteiger partial charge in [-0.3, -0.25) is 4.79 Å². The van der Waals surface area contributed by atoms with Crippen LogP contribution in [0.5, 0.6) is 0 Å². The molecule has 3 nitrogen and oxygen atoms in total. The van der Waals surface area contributed by atoms with Crippen molar-refractivity contribution >= 4 is 11.6 Å². The third kappa shape index (κ3) is 1.26. The molecule has 0 radical (unpaired) electrons. The van der Waals surface area contributed by atoms with E-state index in [0.717, 1.165) is 17.7 Å². The molecule has 1 heterocycles. The summed E-state index contributed by atoms with van der Waals surface area (Å²) in [5.74, 6) is 0.369. The molecule has 3 N–H and O–H groups in total. The molecule has 0 bridgehead atoms. The summed E-state index contributed by atoms with van der Waals surface area (Å²) < 4.78 is 0. The van der Waals surface area contributed by atoms with Crippen LogP contribution >= 0.6 is 0 Å². The minimum absolute atomic E-state index is 0.0135. The number of amides is 1. The van der Waals surface area contributed by atoms with Gasteiger partial charge in [0.2, 0.25) is 0 Å². The third-order valence-electron chi connectivity index (χ3n) is 2.42. The molecule has 1 atom stereocenters. The average molecular weight is 176 g/mol. The van der Waals surface area contributed by atoms with Crippen molar-refractivity contribution < 1.29 is 4.79 Å². The number of nitrogen functional groups attached to an aromatic ring is 1. The fourth-order valence-electron chi connectivity index (χ4n) is 1.65. The summed E-state index contributed by atoms with van der Waals surface area (Å²) in [5, 5.41) is 2.82. The van der Waals surface area contributed by atoms with Crippen LogP contribution in [0.3, 0.4) is 0 Å². The van der Waals surface area contributed by atoms with E-state index >= 15 is 0 Å². The van der Waals surface area contributed by atoms with E-state index in [4.69, 9.17) is 5.73 Å². The lowest BCUT2D eigenvalue weighted by Gasteiger charge is -2.22. The fraction of sp³-hybridized carbons (Fsp3) is 0.300. The number of nitrogens with two attached hydrogens (primary N) is 1. The fourth-order valence-corrected chi connectivity index (χ4v) is 1.65. The number of nitrogens with one attached hydrogen (secondary N) is 1. The summed E-state index contributed by atoms with van der Waals surface area (Å²) in [7, 11) is 0. The van der Waals surface area contributed by atoms with Gasteiger partial charge in [0.05, 0.1) is 0 Å². The van der Waals surface area contributed by atoms with Crippen molar-refractivity contribution in [2.75, 3.05) is 12.3 Å². The van der Waals surface area contributed by atoms with E-state index in [2.05, 4.69) is 12.2 Å². The van der Waals surface area contributed by atoms with Gasteiger partial charge in [-0.2, -0.15) is 0 Å². The Morgan fingerprint density at radius 3 is 3.08 bits per heavy atom. The highest BCUT2D eigenvalue weighted by Crippen LogP contribution is 2.24. The summed E-state index contributed by atoms with van der Waals surface area (Å²) in [6.07, 6.45) is 0. The molecule has 0 spiro atoms. The molecule has 0 saturated heterocycles. The summed E-state index contributed by atoms with van der Waals surface area (Å²) >= 11 is 0. The molecular weight excluding hydrogens is 164 g/mol. The van der Waals surface area contributed by atoms with Gasteiger partial charge in [-0.15, -0.1) is 0 Å². The van der Waals surface area contributed by atoms with Crippen molar-refractivity contribution in [1.29, 1.82) is 0 Å². The van der Waals surface area contributed by atoms with Gasteiger partial charge in [0, 0.05) is 17.8 Å². The van der Waals surface area contributed by atoms with Crippen molar-refractivity contribution in [3.63, 3.8) is 0 Å². The Kier molecular flexibility index (Phi) is 1.72. The Bertz CT molecular complexity index is 360. The molecule has 1 aliphatic heterocycles. The third-order valence-corrected chi connectivity index (χ3v) is 2.42. The first-order chi connectivity index (χ1) is 6.18. The lowest BCUT2D eigenvalue weighted by atomic mass is 9.91. The van der Waals surface area contributed by atoms with Crippen LogP contribution in [-0.4, -0.2) is 12.5 Å². The van der Waals surface area contributed by atoms with Crippen molar-refractivity contribution in [3.05, 3.63) is 29.3 Å². The topological polar surface area (TPSA) is 55.1 Å². The maximum atomic E-state index is 11.4. The zero-order valence-electron chi connectivity index (χ0n) is 7.50. The molecule has 0 aromatic heterocycles. The summed E-state index contributed by atoms with van der Waals surface area (Å²) in [6, 6.07) is 5.52. The molecule has 1 aromatic rings. The van der Waals surface area contributed by atoms with Gasteiger partial charge >= 0.3 is 0 Å². The molecule has 68 valence electrons. The number of benzene rings is 1. The molecule has 3 heteroatoms. The summed E-state index contributed by atoms with van der Waals surface area (Å²) in [5.41, 5.74) is 8.07. The zero-order chi connectivity index (χ0) is 9.42. The van der Waals surface area contributed by atoms with Gasteiger partial charge in [-0.1, -0.05) is 13.0 Å². The van der Waals surface area contributed by atoms with Gasteiger partial charge in [0.1, 0.15) is 0 Å². The number of hydrogen-bond donors (Lipinski definition) is 2. The first-order valence-corrected chi connectivity index (χ1v) is 4.36.